The van der Waals surface area contributed by atoms with Crippen LogP contribution < -0.4 is 15.4 Å². The molecule has 5 rings (SSSR count). The number of anilines is 1. The smallest absolute Gasteiger partial charge is 0.269 e. The van der Waals surface area contributed by atoms with Gasteiger partial charge in [0, 0.05) is 24.8 Å². The van der Waals surface area contributed by atoms with Crippen molar-refractivity contribution in [2.75, 3.05) is 19.5 Å². The number of carbonyl (C=O) groups excluding carboxylic acids is 1. The number of pyridine rings is 1. The van der Waals surface area contributed by atoms with Crippen LogP contribution in [0.4, 0.5) is 14.7 Å². The van der Waals surface area contributed by atoms with E-state index in [9.17, 15) is 9.18 Å². The Morgan fingerprint density at radius 1 is 1.20 bits per heavy atom. The molecule has 2 N–H and O–H groups in total. The van der Waals surface area contributed by atoms with E-state index in [-0.39, 0.29) is 39.9 Å². The van der Waals surface area contributed by atoms with Crippen molar-refractivity contribution in [3.05, 3.63) is 42.0 Å². The Balaban J connectivity index is 1.58. The molecule has 1 amide bonds. The molecule has 0 spiro atoms. The summed E-state index contributed by atoms with van der Waals surface area (Å²) in [6.07, 6.45) is 8.09. The van der Waals surface area contributed by atoms with Crippen molar-refractivity contribution in [1.29, 1.82) is 0 Å². The quantitative estimate of drug-likeness (QED) is 0.444. The first-order valence-corrected chi connectivity index (χ1v) is 11.5. The van der Waals surface area contributed by atoms with Gasteiger partial charge in [0.25, 0.3) is 5.91 Å². The summed E-state index contributed by atoms with van der Waals surface area (Å²) in [6, 6.07) is 1.38. The van der Waals surface area contributed by atoms with E-state index in [1.54, 1.807) is 0 Å². The number of ether oxygens (including phenoxy) is 1. The first-order valence-electron chi connectivity index (χ1n) is 11.5. The molecule has 0 bridgehead atoms. The summed E-state index contributed by atoms with van der Waals surface area (Å²) in [5, 5.41) is 10.3. The monoisotopic (exact) mass is 483 g/mol. The van der Waals surface area contributed by atoms with Crippen LogP contribution in [-0.2, 0) is 0 Å². The first kappa shape index (κ1) is 23.0. The van der Waals surface area contributed by atoms with Crippen molar-refractivity contribution >= 4 is 23.0 Å². The number of methoxy groups -OCH3 is 1. The number of fused-ring (bicyclic) bond motifs is 2. The van der Waals surface area contributed by atoms with E-state index in [1.165, 1.54) is 47.7 Å². The number of hydrogen-bond donors (Lipinski definition) is 2. The average Bonchev–Trinajstić information content (AvgIpc) is 3.40. The number of nitrogens with one attached hydrogen (secondary N) is 2. The third-order valence-corrected chi connectivity index (χ3v) is 6.73. The Morgan fingerprint density at radius 3 is 2.63 bits per heavy atom. The minimum Gasteiger partial charge on any atom is -0.479 e. The molecule has 0 aliphatic heterocycles. The summed E-state index contributed by atoms with van der Waals surface area (Å²) in [6.45, 7) is 4.53. The summed E-state index contributed by atoms with van der Waals surface area (Å²) in [5.74, 6) is -1.29. The van der Waals surface area contributed by atoms with Gasteiger partial charge in [0.15, 0.2) is 17.3 Å². The highest BCUT2D eigenvalue weighted by atomic mass is 19.1. The Kier molecular flexibility index (Phi) is 5.57. The molecule has 0 aromatic carbocycles. The fraction of sp³-hybridized carbons (Fsp3) is 0.417. The van der Waals surface area contributed by atoms with E-state index in [0.29, 0.717) is 11.4 Å². The highest BCUT2D eigenvalue weighted by molar-refractivity contribution is 5.93. The van der Waals surface area contributed by atoms with Gasteiger partial charge in [-0.25, -0.2) is 18.3 Å². The van der Waals surface area contributed by atoms with Crippen LogP contribution in [0.1, 0.15) is 50.0 Å². The highest BCUT2D eigenvalue weighted by Crippen LogP contribution is 2.37. The summed E-state index contributed by atoms with van der Waals surface area (Å²) in [4.78, 5) is 20.6. The molecule has 0 saturated heterocycles. The molecule has 1 saturated carbocycles. The van der Waals surface area contributed by atoms with Gasteiger partial charge in [-0.05, 0) is 37.2 Å². The molecule has 1 aliphatic carbocycles. The maximum atomic E-state index is 15.3. The van der Waals surface area contributed by atoms with E-state index in [2.05, 4.69) is 39.5 Å². The van der Waals surface area contributed by atoms with Gasteiger partial charge in [0.1, 0.15) is 11.2 Å². The molecule has 4 aromatic rings. The van der Waals surface area contributed by atoms with Crippen molar-refractivity contribution in [3.63, 3.8) is 0 Å². The van der Waals surface area contributed by atoms with E-state index in [4.69, 9.17) is 4.74 Å². The lowest BCUT2D eigenvalue weighted by Gasteiger charge is -2.34. The fourth-order valence-corrected chi connectivity index (χ4v) is 4.70. The van der Waals surface area contributed by atoms with Crippen LogP contribution in [0.5, 0.6) is 5.88 Å². The molecule has 0 unspecified atom stereocenters. The normalized spacial score (nSPS) is 16.1. The topological polar surface area (TPSA) is 97.9 Å². The lowest BCUT2D eigenvalue weighted by molar-refractivity contribution is 0.0957. The van der Waals surface area contributed by atoms with Crippen LogP contribution in [0.3, 0.4) is 0 Å². The van der Waals surface area contributed by atoms with Crippen LogP contribution in [0.15, 0.2) is 24.7 Å². The van der Waals surface area contributed by atoms with E-state index in [0.717, 1.165) is 25.7 Å². The molecule has 184 valence electrons. The average molecular weight is 484 g/mol. The number of amides is 1. The van der Waals surface area contributed by atoms with Gasteiger partial charge in [-0.3, -0.25) is 9.20 Å². The molecule has 4 heterocycles. The number of imidazole rings is 1. The van der Waals surface area contributed by atoms with Crippen LogP contribution in [-0.4, -0.2) is 50.1 Å². The van der Waals surface area contributed by atoms with Crippen molar-refractivity contribution < 1.29 is 18.3 Å². The first-order chi connectivity index (χ1) is 16.7. The minimum absolute atomic E-state index is 0.0402. The van der Waals surface area contributed by atoms with Gasteiger partial charge in [-0.2, -0.15) is 4.98 Å². The van der Waals surface area contributed by atoms with Gasteiger partial charge in [-0.15, -0.1) is 5.10 Å². The molecule has 11 heteroatoms. The second kappa shape index (κ2) is 8.47. The molecule has 0 radical (unpaired) electrons. The van der Waals surface area contributed by atoms with Crippen molar-refractivity contribution in [2.45, 2.75) is 45.6 Å². The van der Waals surface area contributed by atoms with Gasteiger partial charge >= 0.3 is 0 Å². The molecular weight excluding hydrogens is 456 g/mol. The molecule has 1 fully saturated rings. The zero-order valence-corrected chi connectivity index (χ0v) is 20.0. The maximum Gasteiger partial charge on any atom is 0.269 e. The van der Waals surface area contributed by atoms with Crippen LogP contribution in [0.2, 0.25) is 0 Å². The zero-order chi connectivity index (χ0) is 24.9. The minimum atomic E-state index is -0.699. The Morgan fingerprint density at radius 2 is 1.94 bits per heavy atom. The zero-order valence-electron chi connectivity index (χ0n) is 20.0. The van der Waals surface area contributed by atoms with Crippen LogP contribution >= 0.6 is 0 Å². The van der Waals surface area contributed by atoms with Crippen LogP contribution in [0.25, 0.3) is 22.3 Å². The highest BCUT2D eigenvalue weighted by Gasteiger charge is 2.28. The Hall–Kier alpha value is -3.76. The SMILES string of the molecule is CNC(=O)c1cnc2c(F)cc(-c3c(F)cn4nc(NC5CCC(C)(C)CC5)nc(OC)c34)cn12. The lowest BCUT2D eigenvalue weighted by atomic mass is 9.76. The van der Waals surface area contributed by atoms with Crippen LogP contribution in [0, 0.1) is 17.0 Å². The molecule has 9 nitrogen and oxygen atoms in total. The van der Waals surface area contributed by atoms with Crippen molar-refractivity contribution in [1.82, 2.24) is 29.3 Å². The lowest BCUT2D eigenvalue weighted by Crippen LogP contribution is -2.30. The van der Waals surface area contributed by atoms with Gasteiger partial charge in [0.2, 0.25) is 11.8 Å². The predicted octanol–water partition coefficient (Wildman–Crippen LogP) is 4.07. The number of nitrogens with zero attached hydrogens (tertiary/aromatic N) is 5. The second-order valence-electron chi connectivity index (χ2n) is 9.67. The molecule has 35 heavy (non-hydrogen) atoms. The number of carbonyl (C=O) groups is 1. The van der Waals surface area contributed by atoms with Gasteiger partial charge in [0.05, 0.1) is 25.1 Å². The van der Waals surface area contributed by atoms with Gasteiger partial charge < -0.3 is 15.4 Å². The largest absolute Gasteiger partial charge is 0.479 e. The van der Waals surface area contributed by atoms with E-state index < -0.39 is 17.5 Å². The standard InChI is InChI=1S/C24H27F2N7O2/c1-24(2)7-5-14(6-8-24)29-23-30-22(35-4)19-18(16(26)12-33(19)31-23)13-9-15(25)20-28-10-17(21(34)27-3)32(20)11-13/h9-12,14H,5-8H2,1-4H3,(H,27,34)(H,29,31). The number of rotatable bonds is 5. The number of hydrogen-bond acceptors (Lipinski definition) is 6. The van der Waals surface area contributed by atoms with E-state index >= 15 is 4.39 Å². The summed E-state index contributed by atoms with van der Waals surface area (Å²) < 4.78 is 38.3. The van der Waals surface area contributed by atoms with Crippen molar-refractivity contribution in [2.24, 2.45) is 5.41 Å². The maximum absolute atomic E-state index is 15.3. The predicted molar refractivity (Wildman–Crippen MR) is 127 cm³/mol. The summed E-state index contributed by atoms with van der Waals surface area (Å²) in [7, 11) is 2.90. The molecular formula is C24H27F2N7O2. The number of aromatic nitrogens is 5. The fourth-order valence-electron chi connectivity index (χ4n) is 4.70. The Labute approximate surface area is 200 Å². The third-order valence-electron chi connectivity index (χ3n) is 6.73. The molecule has 4 aromatic heterocycles. The van der Waals surface area contributed by atoms with Crippen molar-refractivity contribution in [3.8, 4) is 17.0 Å². The molecule has 0 atom stereocenters. The number of halogens is 2. The summed E-state index contributed by atoms with van der Waals surface area (Å²) in [5.41, 5.74) is 0.905. The third kappa shape index (κ3) is 4.04. The summed E-state index contributed by atoms with van der Waals surface area (Å²) >= 11 is 0. The second-order valence-corrected chi connectivity index (χ2v) is 9.67. The molecule has 1 aliphatic rings. The van der Waals surface area contributed by atoms with Gasteiger partial charge in [-0.1, -0.05) is 13.8 Å². The Bertz CT molecular complexity index is 1430. The van der Waals surface area contributed by atoms with E-state index in [1.807, 2.05) is 0 Å².